The van der Waals surface area contributed by atoms with Crippen LogP contribution in [0.15, 0.2) is 54.6 Å². The lowest BCUT2D eigenvalue weighted by Crippen LogP contribution is -2.45. The molecule has 0 unspecified atom stereocenters. The summed E-state index contributed by atoms with van der Waals surface area (Å²) >= 11 is 0. The number of hydrogen-bond donors (Lipinski definition) is 1. The van der Waals surface area contributed by atoms with E-state index in [4.69, 9.17) is 0 Å². The maximum Gasteiger partial charge on any atom is 0.244 e. The third-order valence-corrected chi connectivity index (χ3v) is 6.11. The third kappa shape index (κ3) is 5.31. The topological polar surface area (TPSA) is 53.4 Å². The van der Waals surface area contributed by atoms with Gasteiger partial charge in [0.05, 0.1) is 11.4 Å². The number of rotatable bonds is 6. The second-order valence-electron chi connectivity index (χ2n) is 8.44. The molecule has 1 aromatic heterocycles. The molecule has 33 heavy (non-hydrogen) atoms. The van der Waals surface area contributed by atoms with Crippen LogP contribution in [0.4, 0.5) is 10.1 Å². The number of benzene rings is 2. The molecule has 172 valence electrons. The highest BCUT2D eigenvalue weighted by molar-refractivity contribution is 5.92. The normalized spacial score (nSPS) is 14.7. The molecule has 0 atom stereocenters. The van der Waals surface area contributed by atoms with Crippen molar-refractivity contribution >= 4 is 17.7 Å². The molecule has 0 spiro atoms. The van der Waals surface area contributed by atoms with E-state index in [9.17, 15) is 9.18 Å². The predicted octanol–water partition coefficient (Wildman–Crippen LogP) is 3.71. The average Bonchev–Trinajstić information content (AvgIpc) is 3.10. The fourth-order valence-corrected chi connectivity index (χ4v) is 4.15. The van der Waals surface area contributed by atoms with Crippen LogP contribution in [0.1, 0.15) is 22.5 Å². The predicted molar refractivity (Wildman–Crippen MR) is 130 cm³/mol. The Hall–Kier alpha value is -3.45. The van der Waals surface area contributed by atoms with Gasteiger partial charge in [-0.15, -0.1) is 0 Å². The van der Waals surface area contributed by atoms with E-state index in [2.05, 4.69) is 39.4 Å². The Morgan fingerprint density at radius 3 is 2.48 bits per heavy atom. The molecule has 0 aliphatic carbocycles. The number of halogens is 1. The van der Waals surface area contributed by atoms with Crippen molar-refractivity contribution in [1.82, 2.24) is 20.0 Å². The molecule has 7 heteroatoms. The van der Waals surface area contributed by atoms with Gasteiger partial charge in [0.1, 0.15) is 5.82 Å². The lowest BCUT2D eigenvalue weighted by atomic mass is 10.1. The van der Waals surface area contributed by atoms with E-state index in [1.54, 1.807) is 29.0 Å². The molecule has 3 aromatic rings. The number of nitrogens with one attached hydrogen (secondary N) is 1. The zero-order chi connectivity index (χ0) is 23.4. The summed E-state index contributed by atoms with van der Waals surface area (Å²) in [7, 11) is 2.14. The summed E-state index contributed by atoms with van der Waals surface area (Å²) in [6.07, 6.45) is 3.34. The number of aromatic nitrogens is 2. The summed E-state index contributed by atoms with van der Waals surface area (Å²) in [5, 5.41) is 7.56. The molecule has 4 rings (SSSR count). The van der Waals surface area contributed by atoms with Gasteiger partial charge in [-0.25, -0.2) is 9.07 Å². The molecule has 1 aliphatic rings. The van der Waals surface area contributed by atoms with E-state index in [-0.39, 0.29) is 11.7 Å². The van der Waals surface area contributed by atoms with Gasteiger partial charge in [0.25, 0.3) is 0 Å². The van der Waals surface area contributed by atoms with Crippen LogP contribution >= 0.6 is 0 Å². The van der Waals surface area contributed by atoms with E-state index in [1.807, 2.05) is 26.0 Å². The first kappa shape index (κ1) is 22.7. The zero-order valence-electron chi connectivity index (χ0n) is 19.4. The van der Waals surface area contributed by atoms with Crippen LogP contribution in [0.3, 0.4) is 0 Å². The SMILES string of the molecule is Cc1nn(-c2ccc(F)cc2)c(C)c1/C=C/C(=O)NCc1ccccc1N1CCN(C)CC1. The highest BCUT2D eigenvalue weighted by Gasteiger charge is 2.17. The van der Waals surface area contributed by atoms with E-state index < -0.39 is 0 Å². The van der Waals surface area contributed by atoms with Crippen molar-refractivity contribution in [2.75, 3.05) is 38.1 Å². The first-order valence-electron chi connectivity index (χ1n) is 11.2. The first-order chi connectivity index (χ1) is 15.9. The summed E-state index contributed by atoms with van der Waals surface area (Å²) in [5.74, 6) is -0.442. The highest BCUT2D eigenvalue weighted by atomic mass is 19.1. The van der Waals surface area contributed by atoms with Crippen LogP contribution in [0.2, 0.25) is 0 Å². The monoisotopic (exact) mass is 447 g/mol. The van der Waals surface area contributed by atoms with Crippen molar-refractivity contribution in [2.45, 2.75) is 20.4 Å². The van der Waals surface area contributed by atoms with E-state index in [1.165, 1.54) is 17.8 Å². The van der Waals surface area contributed by atoms with Crippen LogP contribution in [0, 0.1) is 19.7 Å². The fraction of sp³-hybridized carbons (Fsp3) is 0.308. The number of anilines is 1. The van der Waals surface area contributed by atoms with Crippen LogP contribution < -0.4 is 10.2 Å². The molecule has 0 radical (unpaired) electrons. The van der Waals surface area contributed by atoms with Gasteiger partial charge >= 0.3 is 0 Å². The second-order valence-corrected chi connectivity index (χ2v) is 8.44. The van der Waals surface area contributed by atoms with Crippen molar-refractivity contribution in [3.05, 3.63) is 82.9 Å². The van der Waals surface area contributed by atoms with Gasteiger partial charge in [0, 0.05) is 55.7 Å². The molecule has 2 heterocycles. The van der Waals surface area contributed by atoms with Gasteiger partial charge in [-0.1, -0.05) is 18.2 Å². The summed E-state index contributed by atoms with van der Waals surface area (Å²) in [6, 6.07) is 14.4. The Morgan fingerprint density at radius 1 is 1.06 bits per heavy atom. The number of piperazine rings is 1. The van der Waals surface area contributed by atoms with E-state index in [0.717, 1.165) is 54.4 Å². The Labute approximate surface area is 194 Å². The summed E-state index contributed by atoms with van der Waals surface area (Å²) in [4.78, 5) is 17.3. The van der Waals surface area contributed by atoms with Gasteiger partial charge in [-0.05, 0) is 62.9 Å². The molecule has 6 nitrogen and oxygen atoms in total. The Balaban J connectivity index is 1.42. The molecular formula is C26H30FN5O. The largest absolute Gasteiger partial charge is 0.369 e. The molecule has 1 N–H and O–H groups in total. The van der Waals surface area contributed by atoms with Gasteiger partial charge in [-0.3, -0.25) is 4.79 Å². The number of nitrogens with zero attached hydrogens (tertiary/aromatic N) is 4. The maximum atomic E-state index is 13.2. The van der Waals surface area contributed by atoms with E-state index in [0.29, 0.717) is 6.54 Å². The lowest BCUT2D eigenvalue weighted by Gasteiger charge is -2.35. The number of para-hydroxylation sites is 1. The third-order valence-electron chi connectivity index (χ3n) is 6.11. The summed E-state index contributed by atoms with van der Waals surface area (Å²) < 4.78 is 15.0. The molecular weight excluding hydrogens is 417 g/mol. The van der Waals surface area contributed by atoms with Gasteiger partial charge in [0.15, 0.2) is 0 Å². The van der Waals surface area contributed by atoms with Crippen LogP contribution in [-0.2, 0) is 11.3 Å². The van der Waals surface area contributed by atoms with Crippen molar-refractivity contribution in [3.8, 4) is 5.69 Å². The molecule has 1 aliphatic heterocycles. The van der Waals surface area contributed by atoms with Gasteiger partial charge in [0.2, 0.25) is 5.91 Å². The van der Waals surface area contributed by atoms with Gasteiger partial charge < -0.3 is 15.1 Å². The smallest absolute Gasteiger partial charge is 0.244 e. The van der Waals surface area contributed by atoms with E-state index >= 15 is 0 Å². The minimum atomic E-state index is -0.286. The molecule has 1 fully saturated rings. The Kier molecular flexibility index (Phi) is 6.89. The second kappa shape index (κ2) is 10.0. The molecule has 1 amide bonds. The number of aryl methyl sites for hydroxylation is 1. The van der Waals surface area contributed by atoms with Crippen molar-refractivity contribution in [3.63, 3.8) is 0 Å². The minimum absolute atomic E-state index is 0.156. The Morgan fingerprint density at radius 2 is 1.76 bits per heavy atom. The van der Waals surface area contributed by atoms with Crippen LogP contribution in [-0.4, -0.2) is 53.8 Å². The number of hydrogen-bond acceptors (Lipinski definition) is 4. The zero-order valence-corrected chi connectivity index (χ0v) is 19.4. The molecule has 0 saturated carbocycles. The summed E-state index contributed by atoms with van der Waals surface area (Å²) in [6.45, 7) is 8.35. The Bertz CT molecular complexity index is 1140. The standard InChI is InChI=1S/C26H30FN5O/c1-19-24(20(2)32(29-19)23-10-8-22(27)9-11-23)12-13-26(33)28-18-21-6-4-5-7-25(21)31-16-14-30(3)15-17-31/h4-13H,14-18H2,1-3H3,(H,28,33)/b13-12+. The van der Waals surface area contributed by atoms with Crippen LogP contribution in [0.25, 0.3) is 11.8 Å². The molecule has 1 saturated heterocycles. The van der Waals surface area contributed by atoms with Crippen molar-refractivity contribution < 1.29 is 9.18 Å². The fourth-order valence-electron chi connectivity index (χ4n) is 4.15. The van der Waals surface area contributed by atoms with Crippen molar-refractivity contribution in [1.29, 1.82) is 0 Å². The minimum Gasteiger partial charge on any atom is -0.369 e. The number of carbonyl (C=O) groups excluding carboxylic acids is 1. The molecule has 2 aromatic carbocycles. The number of amides is 1. The van der Waals surface area contributed by atoms with Crippen molar-refractivity contribution in [2.24, 2.45) is 0 Å². The number of likely N-dealkylation sites (N-methyl/N-ethyl adjacent to an activating group) is 1. The maximum absolute atomic E-state index is 13.2. The lowest BCUT2D eigenvalue weighted by molar-refractivity contribution is -0.116. The average molecular weight is 448 g/mol. The van der Waals surface area contributed by atoms with Crippen LogP contribution in [0.5, 0.6) is 0 Å². The van der Waals surface area contributed by atoms with Gasteiger partial charge in [-0.2, -0.15) is 5.10 Å². The number of carbonyl (C=O) groups is 1. The first-order valence-corrected chi connectivity index (χ1v) is 11.2. The molecule has 0 bridgehead atoms. The quantitative estimate of drug-likeness (QED) is 0.586. The highest BCUT2D eigenvalue weighted by Crippen LogP contribution is 2.22. The summed E-state index contributed by atoms with van der Waals surface area (Å²) in [5.41, 5.74) is 5.65.